The Bertz CT molecular complexity index is 269. The Hall–Kier alpha value is -1.45. The second kappa shape index (κ2) is 4.54. The molecule has 0 saturated heterocycles. The van der Waals surface area contributed by atoms with Crippen LogP contribution in [0.5, 0.6) is 0 Å². The van der Waals surface area contributed by atoms with Crippen molar-refractivity contribution >= 4 is 5.91 Å². The van der Waals surface area contributed by atoms with Gasteiger partial charge in [-0.2, -0.15) is 5.10 Å². The van der Waals surface area contributed by atoms with Gasteiger partial charge in [0, 0.05) is 19.3 Å². The van der Waals surface area contributed by atoms with Crippen molar-refractivity contribution in [2.45, 2.75) is 13.8 Å². The van der Waals surface area contributed by atoms with Crippen molar-refractivity contribution < 1.29 is 4.79 Å². The first-order valence-corrected chi connectivity index (χ1v) is 4.36. The van der Waals surface area contributed by atoms with Crippen LogP contribution >= 0.6 is 0 Å². The second-order valence-electron chi connectivity index (χ2n) is 2.59. The molecular formula is C9H13N3O. The fourth-order valence-electron chi connectivity index (χ4n) is 1.09. The molecule has 0 aliphatic carbocycles. The van der Waals surface area contributed by atoms with Crippen LogP contribution in [0.4, 0.5) is 0 Å². The minimum absolute atomic E-state index is 0.0573. The predicted molar refractivity (Wildman–Crippen MR) is 49.3 cm³/mol. The molecule has 1 heterocycles. The number of rotatable bonds is 3. The zero-order valence-electron chi connectivity index (χ0n) is 7.90. The normalized spacial score (nSPS) is 9.69. The number of hydrogen-bond donors (Lipinski definition) is 0. The van der Waals surface area contributed by atoms with E-state index in [1.807, 2.05) is 13.8 Å². The van der Waals surface area contributed by atoms with Crippen molar-refractivity contribution in [1.82, 2.24) is 15.1 Å². The van der Waals surface area contributed by atoms with Gasteiger partial charge in [-0.3, -0.25) is 4.79 Å². The maximum atomic E-state index is 11.6. The van der Waals surface area contributed by atoms with E-state index in [4.69, 9.17) is 0 Å². The van der Waals surface area contributed by atoms with E-state index in [9.17, 15) is 4.79 Å². The van der Waals surface area contributed by atoms with Gasteiger partial charge < -0.3 is 4.90 Å². The average Bonchev–Trinajstić information content (AvgIpc) is 2.21. The second-order valence-corrected chi connectivity index (χ2v) is 2.59. The number of hydrogen-bond acceptors (Lipinski definition) is 3. The van der Waals surface area contributed by atoms with E-state index in [1.165, 1.54) is 0 Å². The van der Waals surface area contributed by atoms with Gasteiger partial charge in [-0.15, -0.1) is 5.10 Å². The van der Waals surface area contributed by atoms with Gasteiger partial charge in [0.05, 0.1) is 0 Å². The largest absolute Gasteiger partial charge is 0.338 e. The highest BCUT2D eigenvalue weighted by atomic mass is 16.2. The zero-order chi connectivity index (χ0) is 9.68. The van der Waals surface area contributed by atoms with Crippen LogP contribution in [0.15, 0.2) is 18.3 Å². The van der Waals surface area contributed by atoms with Gasteiger partial charge in [-0.05, 0) is 26.0 Å². The minimum Gasteiger partial charge on any atom is -0.338 e. The Kier molecular flexibility index (Phi) is 3.37. The number of carbonyl (C=O) groups is 1. The number of nitrogens with zero attached hydrogens (tertiary/aromatic N) is 3. The van der Waals surface area contributed by atoms with Gasteiger partial charge in [-0.25, -0.2) is 0 Å². The minimum atomic E-state index is -0.0573. The maximum Gasteiger partial charge on any atom is 0.274 e. The summed E-state index contributed by atoms with van der Waals surface area (Å²) in [5, 5.41) is 7.41. The van der Waals surface area contributed by atoms with E-state index in [0.717, 1.165) is 0 Å². The zero-order valence-corrected chi connectivity index (χ0v) is 7.90. The lowest BCUT2D eigenvalue weighted by molar-refractivity contribution is 0.0766. The smallest absolute Gasteiger partial charge is 0.274 e. The molecule has 0 radical (unpaired) electrons. The van der Waals surface area contributed by atoms with Crippen molar-refractivity contribution in [3.63, 3.8) is 0 Å². The Labute approximate surface area is 77.6 Å². The van der Waals surface area contributed by atoms with E-state index in [2.05, 4.69) is 10.2 Å². The first-order chi connectivity index (χ1) is 6.29. The molecular weight excluding hydrogens is 166 g/mol. The lowest BCUT2D eigenvalue weighted by atomic mass is 10.3. The van der Waals surface area contributed by atoms with Gasteiger partial charge in [0.1, 0.15) is 0 Å². The first kappa shape index (κ1) is 9.64. The third kappa shape index (κ3) is 2.24. The molecule has 0 fully saturated rings. The topological polar surface area (TPSA) is 46.1 Å². The van der Waals surface area contributed by atoms with Crippen molar-refractivity contribution in [3.8, 4) is 0 Å². The van der Waals surface area contributed by atoms with Crippen LogP contribution in [-0.4, -0.2) is 34.1 Å². The summed E-state index contributed by atoms with van der Waals surface area (Å²) in [7, 11) is 0. The summed E-state index contributed by atoms with van der Waals surface area (Å²) >= 11 is 0. The molecule has 0 atom stereocenters. The molecule has 0 aromatic carbocycles. The summed E-state index contributed by atoms with van der Waals surface area (Å²) in [5.41, 5.74) is 0.409. The number of carbonyl (C=O) groups excluding carboxylic acids is 1. The summed E-state index contributed by atoms with van der Waals surface area (Å²) in [4.78, 5) is 13.3. The molecule has 1 amide bonds. The summed E-state index contributed by atoms with van der Waals surface area (Å²) in [5.74, 6) is -0.0573. The van der Waals surface area contributed by atoms with Crippen molar-refractivity contribution in [2.75, 3.05) is 13.1 Å². The molecule has 0 aliphatic heterocycles. The van der Waals surface area contributed by atoms with Crippen molar-refractivity contribution in [2.24, 2.45) is 0 Å². The van der Waals surface area contributed by atoms with Crippen molar-refractivity contribution in [1.29, 1.82) is 0 Å². The summed E-state index contributed by atoms with van der Waals surface area (Å²) in [6.45, 7) is 5.29. The third-order valence-electron chi connectivity index (χ3n) is 1.84. The molecule has 4 heteroatoms. The third-order valence-corrected chi connectivity index (χ3v) is 1.84. The van der Waals surface area contributed by atoms with E-state index in [0.29, 0.717) is 18.8 Å². The van der Waals surface area contributed by atoms with E-state index < -0.39 is 0 Å². The van der Waals surface area contributed by atoms with Gasteiger partial charge >= 0.3 is 0 Å². The van der Waals surface area contributed by atoms with Gasteiger partial charge in [0.25, 0.3) is 5.91 Å². The Morgan fingerprint density at radius 3 is 2.62 bits per heavy atom. The van der Waals surface area contributed by atoms with Gasteiger partial charge in [0.2, 0.25) is 0 Å². The maximum absolute atomic E-state index is 11.6. The fraction of sp³-hybridized carbons (Fsp3) is 0.444. The molecule has 0 bridgehead atoms. The lowest BCUT2D eigenvalue weighted by Gasteiger charge is -2.17. The van der Waals surface area contributed by atoms with Crippen LogP contribution in [-0.2, 0) is 0 Å². The monoisotopic (exact) mass is 179 g/mol. The quantitative estimate of drug-likeness (QED) is 0.694. The highest BCUT2D eigenvalue weighted by Crippen LogP contribution is 1.98. The van der Waals surface area contributed by atoms with E-state index >= 15 is 0 Å². The summed E-state index contributed by atoms with van der Waals surface area (Å²) < 4.78 is 0. The molecule has 0 saturated carbocycles. The summed E-state index contributed by atoms with van der Waals surface area (Å²) in [6.07, 6.45) is 1.55. The van der Waals surface area contributed by atoms with Gasteiger partial charge in [0.15, 0.2) is 5.69 Å². The molecule has 70 valence electrons. The van der Waals surface area contributed by atoms with E-state index in [1.54, 1.807) is 23.2 Å². The Balaban J connectivity index is 2.78. The van der Waals surface area contributed by atoms with E-state index in [-0.39, 0.29) is 5.91 Å². The molecule has 1 rings (SSSR count). The Morgan fingerprint density at radius 2 is 2.15 bits per heavy atom. The predicted octanol–water partition coefficient (Wildman–Crippen LogP) is 0.959. The van der Waals surface area contributed by atoms with Crippen LogP contribution < -0.4 is 0 Å². The molecule has 1 aromatic rings. The molecule has 0 N–H and O–H groups in total. The lowest BCUT2D eigenvalue weighted by Crippen LogP contribution is -2.31. The average molecular weight is 179 g/mol. The van der Waals surface area contributed by atoms with Crippen LogP contribution in [0.2, 0.25) is 0 Å². The summed E-state index contributed by atoms with van der Waals surface area (Å²) in [6, 6.07) is 3.39. The van der Waals surface area contributed by atoms with Crippen LogP contribution in [0, 0.1) is 0 Å². The number of aromatic nitrogens is 2. The van der Waals surface area contributed by atoms with Crippen LogP contribution in [0.25, 0.3) is 0 Å². The first-order valence-electron chi connectivity index (χ1n) is 4.36. The molecule has 0 unspecified atom stereocenters. The molecule has 0 spiro atoms. The molecule has 4 nitrogen and oxygen atoms in total. The highest BCUT2D eigenvalue weighted by Gasteiger charge is 2.12. The van der Waals surface area contributed by atoms with Crippen LogP contribution in [0.3, 0.4) is 0 Å². The van der Waals surface area contributed by atoms with Crippen LogP contribution in [0.1, 0.15) is 24.3 Å². The fourth-order valence-corrected chi connectivity index (χ4v) is 1.09. The highest BCUT2D eigenvalue weighted by molar-refractivity contribution is 5.91. The standard InChI is InChI=1S/C9H13N3O/c1-3-12(4-2)9(13)8-6-5-7-10-11-8/h5-7H,3-4H2,1-2H3. The molecule has 0 aliphatic rings. The van der Waals surface area contributed by atoms with Crippen molar-refractivity contribution in [3.05, 3.63) is 24.0 Å². The molecule has 13 heavy (non-hydrogen) atoms. The van der Waals surface area contributed by atoms with Gasteiger partial charge in [-0.1, -0.05) is 0 Å². The Morgan fingerprint density at radius 1 is 1.46 bits per heavy atom. The molecule has 1 aromatic heterocycles. The SMILES string of the molecule is CCN(CC)C(=O)c1cccnn1. The number of amides is 1.